The molecule has 0 heterocycles. The molecule has 1 N–H and O–H groups in total. The Hall–Kier alpha value is -2.55. The van der Waals surface area contributed by atoms with Crippen molar-refractivity contribution in [2.75, 3.05) is 7.11 Å². The topological polar surface area (TPSA) is 41.8 Å². The minimum atomic E-state index is 0.101. The number of hydrogen-bond donors (Lipinski definition) is 1. The van der Waals surface area contributed by atoms with Crippen LogP contribution in [-0.4, -0.2) is 17.9 Å². The fraction of sp³-hybridized carbons (Fsp3) is 0.375. The van der Waals surface area contributed by atoms with Crippen molar-refractivity contribution >= 4 is 5.71 Å². The summed E-state index contributed by atoms with van der Waals surface area (Å²) in [5.41, 5.74) is 6.38. The van der Waals surface area contributed by atoms with Gasteiger partial charge in [0.1, 0.15) is 12.9 Å². The number of nitrogens with zero attached hydrogens (tertiary/aromatic N) is 1. The lowest BCUT2D eigenvalue weighted by Crippen LogP contribution is -2.33. The number of oxime groups is 1. The van der Waals surface area contributed by atoms with Crippen LogP contribution in [0.1, 0.15) is 38.2 Å². The van der Waals surface area contributed by atoms with Gasteiger partial charge in [-0.2, -0.15) is 0 Å². The zero-order chi connectivity index (χ0) is 18.9. The van der Waals surface area contributed by atoms with Gasteiger partial charge in [-0.15, -0.1) is 0 Å². The first-order chi connectivity index (χ1) is 13.1. The van der Waals surface area contributed by atoms with E-state index in [2.05, 4.69) is 54.6 Å². The summed E-state index contributed by atoms with van der Waals surface area (Å²) in [5, 5.41) is 14.4. The van der Waals surface area contributed by atoms with E-state index in [0.29, 0.717) is 5.76 Å². The van der Waals surface area contributed by atoms with Crippen LogP contribution >= 0.6 is 0 Å². The normalized spacial score (nSPS) is 28.8. The molecule has 0 fully saturated rings. The van der Waals surface area contributed by atoms with Crippen molar-refractivity contribution in [1.29, 1.82) is 0 Å². The molecule has 0 radical (unpaired) electrons. The number of aliphatic hydroxyl groups is 1. The van der Waals surface area contributed by atoms with Crippen LogP contribution < -0.4 is 0 Å². The Kier molecular flexibility index (Phi) is 4.77. The standard InChI is InChI=1S/C24H27NO2/c1-17-22(25-27-2)11-13-24(16-18-6-4-3-5-7-18)12-10-19-14-20(23(17)24)8-9-21(26)15-19/h3-9,14-15,19,26H,10-13,16H2,1-2H3/b25-22+. The van der Waals surface area contributed by atoms with Gasteiger partial charge in [-0.3, -0.25) is 0 Å². The molecule has 3 heteroatoms. The van der Waals surface area contributed by atoms with E-state index >= 15 is 0 Å². The highest BCUT2D eigenvalue weighted by atomic mass is 16.6. The number of benzene rings is 1. The van der Waals surface area contributed by atoms with Gasteiger partial charge in [-0.1, -0.05) is 47.6 Å². The van der Waals surface area contributed by atoms with Gasteiger partial charge in [0.2, 0.25) is 0 Å². The average Bonchev–Trinajstić information content (AvgIpc) is 2.94. The summed E-state index contributed by atoms with van der Waals surface area (Å²) in [4.78, 5) is 5.13. The maximum absolute atomic E-state index is 10.1. The van der Waals surface area contributed by atoms with Crippen LogP contribution in [0.5, 0.6) is 0 Å². The lowest BCUT2D eigenvalue weighted by atomic mass is 9.62. The van der Waals surface area contributed by atoms with E-state index in [4.69, 9.17) is 4.84 Å². The Morgan fingerprint density at radius 1 is 1.15 bits per heavy atom. The van der Waals surface area contributed by atoms with Crippen LogP contribution in [0, 0.1) is 11.3 Å². The number of hydrogen-bond acceptors (Lipinski definition) is 3. The van der Waals surface area contributed by atoms with Crippen molar-refractivity contribution in [3.05, 3.63) is 82.7 Å². The third-order valence-electron chi connectivity index (χ3n) is 6.22. The minimum Gasteiger partial charge on any atom is -0.508 e. The van der Waals surface area contributed by atoms with Gasteiger partial charge in [0.15, 0.2) is 0 Å². The van der Waals surface area contributed by atoms with E-state index in [1.165, 1.54) is 22.3 Å². The Labute approximate surface area is 161 Å². The van der Waals surface area contributed by atoms with Crippen molar-refractivity contribution in [3.8, 4) is 0 Å². The molecule has 3 aliphatic rings. The van der Waals surface area contributed by atoms with E-state index in [1.54, 1.807) is 7.11 Å². The minimum absolute atomic E-state index is 0.101. The van der Waals surface area contributed by atoms with E-state index < -0.39 is 0 Å². The molecule has 0 saturated carbocycles. The summed E-state index contributed by atoms with van der Waals surface area (Å²) >= 11 is 0. The van der Waals surface area contributed by atoms with Crippen molar-refractivity contribution in [3.63, 3.8) is 0 Å². The third-order valence-corrected chi connectivity index (χ3v) is 6.22. The summed E-state index contributed by atoms with van der Waals surface area (Å²) in [7, 11) is 1.62. The number of aliphatic hydroxyl groups excluding tert-OH is 1. The number of fused-ring (bicyclic) bond motifs is 3. The molecular weight excluding hydrogens is 334 g/mol. The SMILES string of the molecule is CO/N=C1\CCC2(Cc3ccccc3)CCC3C=C(O)C=CC(=C3)C2=C1C. The molecule has 27 heavy (non-hydrogen) atoms. The van der Waals surface area contributed by atoms with Crippen LogP contribution in [0.4, 0.5) is 0 Å². The molecular formula is C24H27NO2. The lowest BCUT2D eigenvalue weighted by Gasteiger charge is -2.41. The highest BCUT2D eigenvalue weighted by Gasteiger charge is 2.42. The smallest absolute Gasteiger partial charge is 0.112 e. The number of allylic oxidation sites excluding steroid dienone is 7. The van der Waals surface area contributed by atoms with Crippen molar-refractivity contribution in [2.24, 2.45) is 16.5 Å². The number of rotatable bonds is 3. The van der Waals surface area contributed by atoms with E-state index in [1.807, 2.05) is 12.2 Å². The lowest BCUT2D eigenvalue weighted by molar-refractivity contribution is 0.210. The molecule has 1 aromatic carbocycles. The average molecular weight is 361 g/mol. The Morgan fingerprint density at radius 3 is 2.74 bits per heavy atom. The van der Waals surface area contributed by atoms with Gasteiger partial charge in [-0.25, -0.2) is 0 Å². The Balaban J connectivity index is 1.86. The van der Waals surface area contributed by atoms with Crippen LogP contribution in [0.2, 0.25) is 0 Å². The van der Waals surface area contributed by atoms with Gasteiger partial charge < -0.3 is 9.94 Å². The van der Waals surface area contributed by atoms with E-state index in [-0.39, 0.29) is 11.3 Å². The second-order valence-electron chi connectivity index (χ2n) is 7.91. The zero-order valence-electron chi connectivity index (χ0n) is 16.1. The van der Waals surface area contributed by atoms with Gasteiger partial charge in [0.25, 0.3) is 0 Å². The van der Waals surface area contributed by atoms with E-state index in [0.717, 1.165) is 37.8 Å². The molecule has 1 aromatic rings. The van der Waals surface area contributed by atoms with Crippen LogP contribution in [-0.2, 0) is 11.3 Å². The molecule has 3 nitrogen and oxygen atoms in total. The third kappa shape index (κ3) is 3.39. The summed E-state index contributed by atoms with van der Waals surface area (Å²) < 4.78 is 0. The molecule has 0 amide bonds. The van der Waals surface area contributed by atoms with Gasteiger partial charge in [0.05, 0.1) is 5.71 Å². The maximum Gasteiger partial charge on any atom is 0.112 e. The summed E-state index contributed by atoms with van der Waals surface area (Å²) in [6.45, 7) is 2.18. The fourth-order valence-corrected chi connectivity index (χ4v) is 5.02. The van der Waals surface area contributed by atoms with Gasteiger partial charge in [0, 0.05) is 5.41 Å². The first kappa shape index (κ1) is 17.8. The molecule has 0 saturated heterocycles. The molecule has 2 bridgehead atoms. The van der Waals surface area contributed by atoms with Crippen LogP contribution in [0.15, 0.2) is 82.3 Å². The quantitative estimate of drug-likeness (QED) is 0.704. The van der Waals surface area contributed by atoms with E-state index in [9.17, 15) is 5.11 Å². The fourth-order valence-electron chi connectivity index (χ4n) is 5.02. The van der Waals surface area contributed by atoms with Crippen LogP contribution in [0.3, 0.4) is 0 Å². The van der Waals surface area contributed by atoms with Gasteiger partial charge in [-0.05, 0) is 79.4 Å². The highest BCUT2D eigenvalue weighted by molar-refractivity contribution is 6.02. The summed E-state index contributed by atoms with van der Waals surface area (Å²) in [6, 6.07) is 10.8. The molecule has 2 unspecified atom stereocenters. The van der Waals surface area contributed by atoms with Gasteiger partial charge >= 0.3 is 0 Å². The second-order valence-corrected chi connectivity index (χ2v) is 7.91. The maximum atomic E-state index is 10.1. The molecule has 2 atom stereocenters. The first-order valence-electron chi connectivity index (χ1n) is 9.78. The predicted octanol–water partition coefficient (Wildman–Crippen LogP) is 5.68. The van der Waals surface area contributed by atoms with Crippen LogP contribution in [0.25, 0.3) is 0 Å². The van der Waals surface area contributed by atoms with Crippen molar-refractivity contribution in [1.82, 2.24) is 0 Å². The molecule has 0 aliphatic heterocycles. The molecule has 0 spiro atoms. The zero-order valence-corrected chi connectivity index (χ0v) is 16.1. The second kappa shape index (κ2) is 7.22. The molecule has 4 rings (SSSR count). The highest BCUT2D eigenvalue weighted by Crippen LogP contribution is 2.52. The largest absolute Gasteiger partial charge is 0.508 e. The Morgan fingerprint density at radius 2 is 1.96 bits per heavy atom. The summed E-state index contributed by atoms with van der Waals surface area (Å²) in [5.74, 6) is 0.637. The monoisotopic (exact) mass is 361 g/mol. The summed E-state index contributed by atoms with van der Waals surface area (Å²) in [6.07, 6.45) is 13.4. The predicted molar refractivity (Wildman–Crippen MR) is 110 cm³/mol. The molecule has 140 valence electrons. The Bertz CT molecular complexity index is 873. The molecule has 0 aromatic heterocycles. The first-order valence-corrected chi connectivity index (χ1v) is 9.78. The molecule has 3 aliphatic carbocycles. The van der Waals surface area contributed by atoms with Crippen molar-refractivity contribution in [2.45, 2.75) is 39.0 Å². The van der Waals surface area contributed by atoms with Crippen molar-refractivity contribution < 1.29 is 9.94 Å².